The number of halogens is 2. The summed E-state index contributed by atoms with van der Waals surface area (Å²) < 4.78 is 62.6. The van der Waals surface area contributed by atoms with Crippen LogP contribution in [0.4, 0.5) is 13.6 Å². The minimum Gasteiger partial charge on any atom is -0.445 e. The summed E-state index contributed by atoms with van der Waals surface area (Å²) >= 11 is 0. The molecule has 3 aromatic rings. The Labute approximate surface area is 165 Å². The van der Waals surface area contributed by atoms with Gasteiger partial charge < -0.3 is 10.1 Å². The maximum Gasteiger partial charge on any atom is 0.407 e. The van der Waals surface area contributed by atoms with Crippen LogP contribution in [-0.4, -0.2) is 40.3 Å². The molecule has 1 amide bonds. The van der Waals surface area contributed by atoms with Crippen LogP contribution in [0.1, 0.15) is 11.3 Å². The van der Waals surface area contributed by atoms with Crippen molar-refractivity contribution >= 4 is 16.1 Å². The molecule has 0 fully saturated rings. The molecule has 0 spiro atoms. The van der Waals surface area contributed by atoms with E-state index in [4.69, 9.17) is 4.74 Å². The van der Waals surface area contributed by atoms with Crippen molar-refractivity contribution in [3.8, 4) is 11.3 Å². The first-order chi connectivity index (χ1) is 13.7. The second-order valence-corrected chi connectivity index (χ2v) is 7.79. The molecule has 0 aliphatic heterocycles. The molecule has 0 atom stereocenters. The number of carbonyl (C=O) groups excluding carboxylic acids is 1. The van der Waals surface area contributed by atoms with Gasteiger partial charge in [0.1, 0.15) is 17.2 Å². The van der Waals surface area contributed by atoms with E-state index < -0.39 is 40.2 Å². The Bertz CT molecular complexity index is 1190. The maximum atomic E-state index is 15.2. The Morgan fingerprint density at radius 3 is 2.66 bits per heavy atom. The van der Waals surface area contributed by atoms with Crippen LogP contribution in [0.5, 0.6) is 0 Å². The first kappa shape index (κ1) is 20.5. The molecule has 0 unspecified atom stereocenters. The number of carbonyl (C=O) groups is 1. The van der Waals surface area contributed by atoms with Gasteiger partial charge in [-0.15, -0.1) is 0 Å². The van der Waals surface area contributed by atoms with Crippen LogP contribution in [0.2, 0.25) is 0 Å². The van der Waals surface area contributed by atoms with Crippen LogP contribution in [0.25, 0.3) is 11.3 Å². The van der Waals surface area contributed by atoms with Crippen molar-refractivity contribution in [3.05, 3.63) is 53.7 Å². The van der Waals surface area contributed by atoms with E-state index in [9.17, 15) is 17.6 Å². The van der Waals surface area contributed by atoms with Gasteiger partial charge in [0.25, 0.3) is 10.0 Å². The summed E-state index contributed by atoms with van der Waals surface area (Å²) in [5.74, 6) is -2.10. The molecule has 154 valence electrons. The molecule has 0 aromatic carbocycles. The third-order valence-electron chi connectivity index (χ3n) is 4.29. The summed E-state index contributed by atoms with van der Waals surface area (Å²) in [6.07, 6.45) is 2.38. The number of amides is 1. The van der Waals surface area contributed by atoms with Crippen molar-refractivity contribution in [2.24, 2.45) is 7.05 Å². The first-order valence-electron chi connectivity index (χ1n) is 8.27. The zero-order chi connectivity index (χ0) is 21.3. The second kappa shape index (κ2) is 7.62. The highest BCUT2D eigenvalue weighted by Crippen LogP contribution is 2.32. The fraction of sp³-hybridized carbons (Fsp3) is 0.235. The normalized spacial score (nSPS) is 11.5. The van der Waals surface area contributed by atoms with Crippen molar-refractivity contribution in [2.75, 3.05) is 7.05 Å². The highest BCUT2D eigenvalue weighted by atomic mass is 32.2. The summed E-state index contributed by atoms with van der Waals surface area (Å²) in [5, 5.41) is 6.09. The maximum absolute atomic E-state index is 15.2. The summed E-state index contributed by atoms with van der Waals surface area (Å²) in [6, 6.07) is 2.55. The Morgan fingerprint density at radius 1 is 1.34 bits per heavy atom. The number of hydrogen-bond donors (Lipinski definition) is 1. The summed E-state index contributed by atoms with van der Waals surface area (Å²) in [7, 11) is -1.48. The number of ether oxygens (including phenoxy) is 1. The quantitative estimate of drug-likeness (QED) is 0.626. The van der Waals surface area contributed by atoms with Crippen LogP contribution in [-0.2, 0) is 28.4 Å². The molecule has 0 saturated carbocycles. The lowest BCUT2D eigenvalue weighted by molar-refractivity contribution is 0.141. The van der Waals surface area contributed by atoms with Gasteiger partial charge in [0.2, 0.25) is 5.95 Å². The lowest BCUT2D eigenvalue weighted by atomic mass is 10.2. The predicted octanol–water partition coefficient (Wildman–Crippen LogP) is 1.96. The van der Waals surface area contributed by atoms with Crippen LogP contribution in [0.3, 0.4) is 0 Å². The first-order valence-corrected chi connectivity index (χ1v) is 9.71. The number of aromatic nitrogens is 4. The van der Waals surface area contributed by atoms with Crippen molar-refractivity contribution in [1.82, 2.24) is 24.1 Å². The predicted molar refractivity (Wildman–Crippen MR) is 97.4 cm³/mol. The molecule has 0 radical (unpaired) electrons. The molecule has 29 heavy (non-hydrogen) atoms. The third-order valence-corrected chi connectivity index (χ3v) is 6.05. The smallest absolute Gasteiger partial charge is 0.407 e. The summed E-state index contributed by atoms with van der Waals surface area (Å²) in [5.41, 5.74) is -0.868. The molecule has 3 heterocycles. The number of aryl methyl sites for hydroxylation is 1. The van der Waals surface area contributed by atoms with Gasteiger partial charge in [0, 0.05) is 32.1 Å². The molecule has 0 aliphatic carbocycles. The van der Waals surface area contributed by atoms with Crippen molar-refractivity contribution in [1.29, 1.82) is 0 Å². The van der Waals surface area contributed by atoms with E-state index in [2.05, 4.69) is 15.4 Å². The highest BCUT2D eigenvalue weighted by Gasteiger charge is 2.30. The van der Waals surface area contributed by atoms with Crippen molar-refractivity contribution in [2.45, 2.75) is 18.4 Å². The Hall–Kier alpha value is -3.28. The largest absolute Gasteiger partial charge is 0.445 e. The van der Waals surface area contributed by atoms with Gasteiger partial charge in [-0.3, -0.25) is 4.68 Å². The van der Waals surface area contributed by atoms with E-state index in [0.717, 1.165) is 18.6 Å². The van der Waals surface area contributed by atoms with Crippen molar-refractivity contribution < 1.29 is 26.7 Å². The zero-order valence-electron chi connectivity index (χ0n) is 15.7. The average Bonchev–Trinajstić information content (AvgIpc) is 3.20. The molecule has 0 aliphatic rings. The fourth-order valence-corrected chi connectivity index (χ4v) is 4.24. The van der Waals surface area contributed by atoms with Gasteiger partial charge in [-0.25, -0.2) is 26.6 Å². The number of alkyl carbamates (subject to hydrolysis) is 1. The topological polar surface area (TPSA) is 108 Å². The van der Waals surface area contributed by atoms with Gasteiger partial charge in [-0.05, 0) is 19.1 Å². The molecular weight excluding hydrogens is 408 g/mol. The van der Waals surface area contributed by atoms with Crippen LogP contribution < -0.4 is 5.32 Å². The Morgan fingerprint density at radius 2 is 2.07 bits per heavy atom. The molecule has 0 bridgehead atoms. The monoisotopic (exact) mass is 425 g/mol. The Kier molecular flexibility index (Phi) is 5.38. The van der Waals surface area contributed by atoms with Crippen LogP contribution >= 0.6 is 0 Å². The van der Waals surface area contributed by atoms with E-state index in [1.807, 2.05) is 0 Å². The van der Waals surface area contributed by atoms with Crippen LogP contribution in [0, 0.1) is 18.7 Å². The Balaban J connectivity index is 2.23. The van der Waals surface area contributed by atoms with Crippen molar-refractivity contribution in [3.63, 3.8) is 0 Å². The molecule has 12 heteroatoms. The van der Waals surface area contributed by atoms with Gasteiger partial charge in [-0.1, -0.05) is 0 Å². The lowest BCUT2D eigenvalue weighted by Crippen LogP contribution is -2.19. The molecule has 1 N–H and O–H groups in total. The minimum absolute atomic E-state index is 0.181. The van der Waals surface area contributed by atoms with E-state index in [1.54, 1.807) is 7.05 Å². The van der Waals surface area contributed by atoms with E-state index >= 15 is 4.39 Å². The van der Waals surface area contributed by atoms with E-state index in [1.165, 1.54) is 30.8 Å². The SMILES string of the molecule is CNC(=O)OCc1cn(S(=O)(=O)c2cnn(C)c2C)c(-c2cccnc2F)c1F. The number of nitrogens with one attached hydrogen (secondary N) is 1. The second-order valence-electron chi connectivity index (χ2n) is 6.00. The van der Waals surface area contributed by atoms with Gasteiger partial charge in [0.15, 0.2) is 5.82 Å². The summed E-state index contributed by atoms with van der Waals surface area (Å²) in [6.45, 7) is 0.967. The number of rotatable bonds is 5. The van der Waals surface area contributed by atoms with E-state index in [-0.39, 0.29) is 16.0 Å². The number of hydrogen-bond acceptors (Lipinski definition) is 6. The molecule has 3 rings (SSSR count). The van der Waals surface area contributed by atoms with Gasteiger partial charge >= 0.3 is 6.09 Å². The minimum atomic E-state index is -4.35. The van der Waals surface area contributed by atoms with Gasteiger partial charge in [-0.2, -0.15) is 9.49 Å². The van der Waals surface area contributed by atoms with Gasteiger partial charge in [0.05, 0.1) is 17.5 Å². The molecule has 3 aromatic heterocycles. The zero-order valence-corrected chi connectivity index (χ0v) is 16.5. The standard InChI is InChI=1S/C17H17F2N5O4S/c1-10-13(7-22-23(10)3)29(26,27)24-8-11(9-28-17(25)20-2)14(18)15(24)12-5-4-6-21-16(12)19/h4-8H,9H2,1-3H3,(H,20,25). The molecule has 0 saturated heterocycles. The fourth-order valence-electron chi connectivity index (χ4n) is 2.65. The highest BCUT2D eigenvalue weighted by molar-refractivity contribution is 7.90. The molecule has 9 nitrogen and oxygen atoms in total. The molecular formula is C17H17F2N5O4S. The number of pyridine rings is 1. The van der Waals surface area contributed by atoms with E-state index in [0.29, 0.717) is 9.67 Å². The third kappa shape index (κ3) is 3.58. The lowest BCUT2D eigenvalue weighted by Gasteiger charge is -2.10. The van der Waals surface area contributed by atoms with Crippen LogP contribution in [0.15, 0.2) is 35.6 Å². The number of nitrogens with zero attached hydrogens (tertiary/aromatic N) is 4. The average molecular weight is 425 g/mol. The summed E-state index contributed by atoms with van der Waals surface area (Å²) in [4.78, 5) is 14.6.